The van der Waals surface area contributed by atoms with Crippen LogP contribution in [0.4, 0.5) is 0 Å². The Kier molecular flexibility index (Phi) is 3.05. The van der Waals surface area contributed by atoms with Gasteiger partial charge in [-0.1, -0.05) is 18.2 Å². The molecule has 0 radical (unpaired) electrons. The quantitative estimate of drug-likeness (QED) is 0.875. The Hall–Kier alpha value is -2.14. The number of hydrogen-bond acceptors (Lipinski definition) is 3. The molecule has 2 aromatic rings. The Morgan fingerprint density at radius 2 is 2.05 bits per heavy atom. The zero-order valence-corrected chi connectivity index (χ0v) is 10.4. The number of β-amino-alcohol motifs (C(OH)–C–C–N with tert-alkyl or cyclic N) is 1. The summed E-state index contributed by atoms with van der Waals surface area (Å²) in [7, 11) is 0. The normalized spacial score (nSPS) is 18.8. The van der Waals surface area contributed by atoms with E-state index in [1.807, 2.05) is 30.3 Å². The second-order valence-corrected chi connectivity index (χ2v) is 4.67. The lowest BCUT2D eigenvalue weighted by Crippen LogP contribution is -2.29. The molecule has 1 aromatic heterocycles. The van der Waals surface area contributed by atoms with E-state index in [1.165, 1.54) is 0 Å². The van der Waals surface area contributed by atoms with Crippen LogP contribution in [-0.4, -0.2) is 44.9 Å². The van der Waals surface area contributed by atoms with Crippen LogP contribution in [0.3, 0.4) is 0 Å². The molecule has 1 aliphatic rings. The topological polar surface area (TPSA) is 58.4 Å². The zero-order chi connectivity index (χ0) is 13.2. The first-order chi connectivity index (χ1) is 9.24. The van der Waals surface area contributed by atoms with Crippen LogP contribution < -0.4 is 0 Å². The Morgan fingerprint density at radius 3 is 2.74 bits per heavy atom. The van der Waals surface area contributed by atoms with E-state index >= 15 is 0 Å². The molecule has 1 N–H and O–H groups in total. The highest BCUT2D eigenvalue weighted by atomic mass is 16.3. The molecule has 0 bridgehead atoms. The number of carbonyl (C=O) groups excluding carboxylic acids is 1. The van der Waals surface area contributed by atoms with Gasteiger partial charge in [-0.15, -0.1) is 0 Å². The molecule has 1 fully saturated rings. The van der Waals surface area contributed by atoms with Crippen molar-refractivity contribution in [1.82, 2.24) is 14.7 Å². The first kappa shape index (κ1) is 11.9. The molecular weight excluding hydrogens is 242 g/mol. The number of hydrogen-bond donors (Lipinski definition) is 1. The summed E-state index contributed by atoms with van der Waals surface area (Å²) in [6, 6.07) is 11.4. The van der Waals surface area contributed by atoms with Gasteiger partial charge in [-0.3, -0.25) is 4.79 Å². The number of aromatic nitrogens is 2. The van der Waals surface area contributed by atoms with Crippen molar-refractivity contribution in [3.05, 3.63) is 48.3 Å². The molecule has 3 rings (SSSR count). The van der Waals surface area contributed by atoms with Gasteiger partial charge in [0, 0.05) is 19.3 Å². The van der Waals surface area contributed by atoms with E-state index < -0.39 is 6.10 Å². The summed E-state index contributed by atoms with van der Waals surface area (Å²) < 4.78 is 1.68. The van der Waals surface area contributed by atoms with E-state index in [0.29, 0.717) is 25.2 Å². The minimum Gasteiger partial charge on any atom is -0.391 e. The smallest absolute Gasteiger partial charge is 0.274 e. The maximum atomic E-state index is 12.2. The standard InChI is InChI=1S/C14H15N3O2/c18-12-6-8-16(10-12)14(19)13-7-9-17(15-13)11-4-2-1-3-5-11/h1-5,7,9,12,18H,6,8,10H2. The first-order valence-electron chi connectivity index (χ1n) is 6.32. The lowest BCUT2D eigenvalue weighted by atomic mass is 10.3. The molecule has 98 valence electrons. The fraction of sp³-hybridized carbons (Fsp3) is 0.286. The minimum absolute atomic E-state index is 0.119. The lowest BCUT2D eigenvalue weighted by molar-refractivity contribution is 0.0759. The van der Waals surface area contributed by atoms with Crippen LogP contribution in [0.15, 0.2) is 42.6 Å². The number of benzene rings is 1. The number of rotatable bonds is 2. The van der Waals surface area contributed by atoms with Gasteiger partial charge in [-0.05, 0) is 24.6 Å². The largest absolute Gasteiger partial charge is 0.391 e. The molecule has 5 nitrogen and oxygen atoms in total. The third-order valence-corrected chi connectivity index (χ3v) is 3.28. The van der Waals surface area contributed by atoms with E-state index in [-0.39, 0.29) is 5.91 Å². The second-order valence-electron chi connectivity index (χ2n) is 4.67. The van der Waals surface area contributed by atoms with E-state index in [0.717, 1.165) is 5.69 Å². The highest BCUT2D eigenvalue weighted by Gasteiger charge is 2.26. The monoisotopic (exact) mass is 257 g/mol. The van der Waals surface area contributed by atoms with Gasteiger partial charge in [0.15, 0.2) is 5.69 Å². The van der Waals surface area contributed by atoms with Gasteiger partial charge >= 0.3 is 0 Å². The fourth-order valence-electron chi connectivity index (χ4n) is 2.25. The molecule has 1 atom stereocenters. The summed E-state index contributed by atoms with van der Waals surface area (Å²) >= 11 is 0. The average Bonchev–Trinajstić information content (AvgIpc) is 3.08. The Labute approximate surface area is 111 Å². The van der Waals surface area contributed by atoms with Crippen LogP contribution in [0, 0.1) is 0 Å². The molecule has 19 heavy (non-hydrogen) atoms. The van der Waals surface area contributed by atoms with Crippen LogP contribution in [-0.2, 0) is 0 Å². The van der Waals surface area contributed by atoms with Gasteiger partial charge in [-0.2, -0.15) is 5.10 Å². The van der Waals surface area contributed by atoms with E-state index in [2.05, 4.69) is 5.10 Å². The molecular formula is C14H15N3O2. The summed E-state index contributed by atoms with van der Waals surface area (Å²) in [4.78, 5) is 13.8. The van der Waals surface area contributed by atoms with Crippen molar-refractivity contribution in [3.8, 4) is 5.69 Å². The van der Waals surface area contributed by atoms with E-state index in [4.69, 9.17) is 0 Å². The fourth-order valence-corrected chi connectivity index (χ4v) is 2.25. The highest BCUT2D eigenvalue weighted by molar-refractivity contribution is 5.92. The summed E-state index contributed by atoms with van der Waals surface area (Å²) in [5.74, 6) is -0.119. The van der Waals surface area contributed by atoms with Gasteiger partial charge in [0.2, 0.25) is 0 Å². The molecule has 1 amide bonds. The predicted octanol–water partition coefficient (Wildman–Crippen LogP) is 1.08. The zero-order valence-electron chi connectivity index (χ0n) is 10.4. The molecule has 1 aromatic carbocycles. The van der Waals surface area contributed by atoms with Crippen LogP contribution >= 0.6 is 0 Å². The number of aliphatic hydroxyl groups excluding tert-OH is 1. The van der Waals surface area contributed by atoms with Gasteiger partial charge in [0.1, 0.15) is 0 Å². The minimum atomic E-state index is -0.403. The van der Waals surface area contributed by atoms with Crippen LogP contribution in [0.2, 0.25) is 0 Å². The summed E-state index contributed by atoms with van der Waals surface area (Å²) in [6.45, 7) is 0.995. The van der Waals surface area contributed by atoms with Crippen molar-refractivity contribution < 1.29 is 9.90 Å². The van der Waals surface area contributed by atoms with Gasteiger partial charge in [-0.25, -0.2) is 4.68 Å². The SMILES string of the molecule is O=C(c1ccn(-c2ccccc2)n1)N1CCC(O)C1. The van der Waals surface area contributed by atoms with E-state index in [9.17, 15) is 9.90 Å². The number of para-hydroxylation sites is 1. The molecule has 1 unspecified atom stereocenters. The third kappa shape index (κ3) is 2.37. The Bertz CT molecular complexity index is 579. The molecule has 0 aliphatic carbocycles. The predicted molar refractivity (Wildman–Crippen MR) is 70.1 cm³/mol. The number of aliphatic hydroxyl groups is 1. The number of likely N-dealkylation sites (tertiary alicyclic amines) is 1. The molecule has 0 saturated carbocycles. The molecule has 1 aliphatic heterocycles. The first-order valence-corrected chi connectivity index (χ1v) is 6.32. The summed E-state index contributed by atoms with van der Waals surface area (Å²) in [5.41, 5.74) is 1.33. The molecule has 5 heteroatoms. The Balaban J connectivity index is 1.80. The molecule has 1 saturated heterocycles. The van der Waals surface area contributed by atoms with E-state index in [1.54, 1.807) is 21.8 Å². The van der Waals surface area contributed by atoms with Crippen molar-refractivity contribution >= 4 is 5.91 Å². The van der Waals surface area contributed by atoms with Gasteiger partial charge < -0.3 is 10.0 Å². The van der Waals surface area contributed by atoms with Crippen molar-refractivity contribution in [3.63, 3.8) is 0 Å². The third-order valence-electron chi connectivity index (χ3n) is 3.28. The van der Waals surface area contributed by atoms with Crippen LogP contribution in [0.1, 0.15) is 16.9 Å². The number of carbonyl (C=O) groups is 1. The lowest BCUT2D eigenvalue weighted by Gasteiger charge is -2.13. The van der Waals surface area contributed by atoms with Crippen molar-refractivity contribution in [2.45, 2.75) is 12.5 Å². The van der Waals surface area contributed by atoms with Crippen molar-refractivity contribution in [2.75, 3.05) is 13.1 Å². The maximum Gasteiger partial charge on any atom is 0.274 e. The molecule has 0 spiro atoms. The molecule has 2 heterocycles. The number of nitrogens with zero attached hydrogens (tertiary/aromatic N) is 3. The summed E-state index contributed by atoms with van der Waals surface area (Å²) in [5, 5.41) is 13.8. The van der Waals surface area contributed by atoms with Crippen molar-refractivity contribution in [1.29, 1.82) is 0 Å². The number of amides is 1. The van der Waals surface area contributed by atoms with Crippen molar-refractivity contribution in [2.24, 2.45) is 0 Å². The van der Waals surface area contributed by atoms with Gasteiger partial charge in [0.05, 0.1) is 11.8 Å². The Morgan fingerprint density at radius 1 is 1.26 bits per heavy atom. The second kappa shape index (κ2) is 4.85. The average molecular weight is 257 g/mol. The van der Waals surface area contributed by atoms with Crippen LogP contribution in [0.25, 0.3) is 5.69 Å². The highest BCUT2D eigenvalue weighted by Crippen LogP contribution is 2.13. The maximum absolute atomic E-state index is 12.2. The summed E-state index contributed by atoms with van der Waals surface area (Å²) in [6.07, 6.45) is 2.01. The van der Waals surface area contributed by atoms with Crippen LogP contribution in [0.5, 0.6) is 0 Å². The van der Waals surface area contributed by atoms with Gasteiger partial charge in [0.25, 0.3) is 5.91 Å².